The second kappa shape index (κ2) is 6.39. The van der Waals surface area contributed by atoms with Crippen molar-refractivity contribution in [2.24, 2.45) is 5.92 Å². The molecule has 0 amide bonds. The van der Waals surface area contributed by atoms with Crippen LogP contribution in [-0.2, 0) is 11.3 Å². The van der Waals surface area contributed by atoms with Gasteiger partial charge in [0.2, 0.25) is 0 Å². The van der Waals surface area contributed by atoms with Crippen molar-refractivity contribution in [1.29, 1.82) is 5.26 Å². The lowest BCUT2D eigenvalue weighted by Crippen LogP contribution is -2.37. The molecule has 17 heavy (non-hydrogen) atoms. The van der Waals surface area contributed by atoms with Crippen LogP contribution in [0.5, 0.6) is 0 Å². The van der Waals surface area contributed by atoms with Crippen molar-refractivity contribution < 1.29 is 4.74 Å². The Bertz CT molecular complexity index is 366. The van der Waals surface area contributed by atoms with Crippen LogP contribution < -0.4 is 5.32 Å². The molecule has 1 aromatic carbocycles. The number of benzene rings is 1. The van der Waals surface area contributed by atoms with Crippen LogP contribution in [0, 0.1) is 17.2 Å². The third-order valence-electron chi connectivity index (χ3n) is 3.25. The molecule has 3 heteroatoms. The lowest BCUT2D eigenvalue weighted by molar-refractivity contribution is 0.0597. The highest BCUT2D eigenvalue weighted by atomic mass is 16.5. The van der Waals surface area contributed by atoms with E-state index in [1.807, 2.05) is 18.2 Å². The zero-order valence-electron chi connectivity index (χ0n) is 9.93. The number of hydrogen-bond donors (Lipinski definition) is 1. The molecule has 90 valence electrons. The van der Waals surface area contributed by atoms with E-state index < -0.39 is 0 Å². The largest absolute Gasteiger partial charge is 0.381 e. The predicted molar refractivity (Wildman–Crippen MR) is 66.2 cm³/mol. The minimum absolute atomic E-state index is 0.0564. The number of nitriles is 1. The minimum atomic E-state index is -0.0564. The Labute approximate surface area is 102 Å². The highest BCUT2D eigenvalue weighted by molar-refractivity contribution is 5.14. The van der Waals surface area contributed by atoms with Gasteiger partial charge in [-0.2, -0.15) is 5.26 Å². The van der Waals surface area contributed by atoms with Crippen molar-refractivity contribution >= 4 is 0 Å². The monoisotopic (exact) mass is 230 g/mol. The van der Waals surface area contributed by atoms with Gasteiger partial charge < -0.3 is 4.74 Å². The van der Waals surface area contributed by atoms with E-state index in [2.05, 4.69) is 23.5 Å². The van der Waals surface area contributed by atoms with E-state index in [9.17, 15) is 5.26 Å². The van der Waals surface area contributed by atoms with Crippen LogP contribution in [0.15, 0.2) is 30.3 Å². The number of ether oxygens (including phenoxy) is 1. The maximum Gasteiger partial charge on any atom is 0.0985 e. The van der Waals surface area contributed by atoms with Gasteiger partial charge in [0.15, 0.2) is 0 Å². The molecule has 1 aromatic rings. The fourth-order valence-electron chi connectivity index (χ4n) is 2.19. The van der Waals surface area contributed by atoms with Crippen molar-refractivity contribution in [3.05, 3.63) is 35.9 Å². The summed E-state index contributed by atoms with van der Waals surface area (Å²) in [5.41, 5.74) is 1.22. The number of nitrogens with zero attached hydrogens (tertiary/aromatic N) is 1. The molecular weight excluding hydrogens is 212 g/mol. The number of rotatable bonds is 4. The summed E-state index contributed by atoms with van der Waals surface area (Å²) < 4.78 is 5.32. The number of hydrogen-bond acceptors (Lipinski definition) is 3. The summed E-state index contributed by atoms with van der Waals surface area (Å²) in [4.78, 5) is 0. The molecule has 0 aliphatic carbocycles. The second-order valence-corrected chi connectivity index (χ2v) is 4.42. The molecule has 3 nitrogen and oxygen atoms in total. The van der Waals surface area contributed by atoms with E-state index in [1.54, 1.807) is 0 Å². The van der Waals surface area contributed by atoms with Crippen molar-refractivity contribution in [2.45, 2.75) is 25.4 Å². The Hall–Kier alpha value is -1.37. The van der Waals surface area contributed by atoms with Gasteiger partial charge in [-0.3, -0.25) is 5.32 Å². The third kappa shape index (κ3) is 3.55. The van der Waals surface area contributed by atoms with Crippen molar-refractivity contribution in [3.63, 3.8) is 0 Å². The van der Waals surface area contributed by atoms with Gasteiger partial charge in [0.1, 0.15) is 0 Å². The summed E-state index contributed by atoms with van der Waals surface area (Å²) in [5.74, 6) is 0.428. The topological polar surface area (TPSA) is 45.0 Å². The highest BCUT2D eigenvalue weighted by Gasteiger charge is 2.23. The molecule has 1 heterocycles. The van der Waals surface area contributed by atoms with Crippen LogP contribution >= 0.6 is 0 Å². The average molecular weight is 230 g/mol. The molecule has 0 bridgehead atoms. The fraction of sp³-hybridized carbons (Fsp3) is 0.500. The smallest absolute Gasteiger partial charge is 0.0985 e. The third-order valence-corrected chi connectivity index (χ3v) is 3.25. The van der Waals surface area contributed by atoms with Gasteiger partial charge in [0.05, 0.1) is 12.1 Å². The van der Waals surface area contributed by atoms with Crippen LogP contribution in [0.3, 0.4) is 0 Å². The molecule has 0 radical (unpaired) electrons. The van der Waals surface area contributed by atoms with E-state index in [1.165, 1.54) is 5.56 Å². The van der Waals surface area contributed by atoms with Crippen molar-refractivity contribution in [3.8, 4) is 6.07 Å². The first-order valence-electron chi connectivity index (χ1n) is 6.15. The maximum absolute atomic E-state index is 9.20. The molecular formula is C14H18N2O. The molecule has 2 rings (SSSR count). The molecule has 1 fully saturated rings. The van der Waals surface area contributed by atoms with Crippen LogP contribution in [0.2, 0.25) is 0 Å². The molecule has 1 N–H and O–H groups in total. The normalized spacial score (nSPS) is 18.5. The van der Waals surface area contributed by atoms with Gasteiger partial charge in [-0.15, -0.1) is 0 Å². The minimum Gasteiger partial charge on any atom is -0.381 e. The van der Waals surface area contributed by atoms with Gasteiger partial charge in [-0.1, -0.05) is 30.3 Å². The fourth-order valence-corrected chi connectivity index (χ4v) is 2.19. The van der Waals surface area contributed by atoms with Crippen LogP contribution in [0.25, 0.3) is 0 Å². The first-order chi connectivity index (χ1) is 8.40. The number of nitrogens with one attached hydrogen (secondary N) is 1. The summed E-state index contributed by atoms with van der Waals surface area (Å²) in [6.45, 7) is 2.34. The molecule has 0 aromatic heterocycles. The molecule has 1 aliphatic rings. The Morgan fingerprint density at radius 1 is 1.29 bits per heavy atom. The molecule has 1 atom stereocenters. The van der Waals surface area contributed by atoms with Gasteiger partial charge in [-0.25, -0.2) is 0 Å². The summed E-state index contributed by atoms with van der Waals surface area (Å²) in [6, 6.07) is 12.5. The Morgan fingerprint density at radius 2 is 2.00 bits per heavy atom. The zero-order valence-corrected chi connectivity index (χ0v) is 9.93. The van der Waals surface area contributed by atoms with Gasteiger partial charge in [0.25, 0.3) is 0 Å². The first-order valence-corrected chi connectivity index (χ1v) is 6.15. The standard InChI is InChI=1S/C14H18N2O/c15-10-14(13-6-8-17-9-7-13)16-11-12-4-2-1-3-5-12/h1-5,13-14,16H,6-9,11H2/t14-/m0/s1. The molecule has 0 spiro atoms. The maximum atomic E-state index is 9.20. The summed E-state index contributed by atoms with van der Waals surface area (Å²) >= 11 is 0. The first kappa shape index (κ1) is 12.1. The van der Waals surface area contributed by atoms with Crippen LogP contribution in [0.4, 0.5) is 0 Å². The van der Waals surface area contributed by atoms with E-state index in [-0.39, 0.29) is 6.04 Å². The Balaban J connectivity index is 1.85. The van der Waals surface area contributed by atoms with E-state index >= 15 is 0 Å². The quantitative estimate of drug-likeness (QED) is 0.861. The Kier molecular flexibility index (Phi) is 4.54. The summed E-state index contributed by atoms with van der Waals surface area (Å²) in [7, 11) is 0. The molecule has 0 unspecified atom stereocenters. The lowest BCUT2D eigenvalue weighted by Gasteiger charge is -2.26. The molecule has 1 aliphatic heterocycles. The summed E-state index contributed by atoms with van der Waals surface area (Å²) in [6.07, 6.45) is 1.97. The zero-order chi connectivity index (χ0) is 11.9. The van der Waals surface area contributed by atoms with Crippen LogP contribution in [-0.4, -0.2) is 19.3 Å². The van der Waals surface area contributed by atoms with Crippen LogP contribution in [0.1, 0.15) is 18.4 Å². The lowest BCUT2D eigenvalue weighted by atomic mass is 9.92. The highest BCUT2D eigenvalue weighted by Crippen LogP contribution is 2.18. The van der Waals surface area contributed by atoms with E-state index in [0.717, 1.165) is 32.6 Å². The van der Waals surface area contributed by atoms with Gasteiger partial charge in [-0.05, 0) is 24.3 Å². The molecule has 0 saturated carbocycles. The Morgan fingerprint density at radius 3 is 2.65 bits per heavy atom. The summed E-state index contributed by atoms with van der Waals surface area (Å²) in [5, 5.41) is 12.5. The van der Waals surface area contributed by atoms with Gasteiger partial charge in [0, 0.05) is 19.8 Å². The van der Waals surface area contributed by atoms with E-state index in [4.69, 9.17) is 4.74 Å². The predicted octanol–water partition coefficient (Wildman–Crippen LogP) is 2.09. The molecule has 1 saturated heterocycles. The SMILES string of the molecule is N#C[C@H](NCc1ccccc1)C1CCOCC1. The van der Waals surface area contributed by atoms with Crippen molar-refractivity contribution in [2.75, 3.05) is 13.2 Å². The van der Waals surface area contributed by atoms with E-state index in [0.29, 0.717) is 5.92 Å². The second-order valence-electron chi connectivity index (χ2n) is 4.42. The average Bonchev–Trinajstić information content (AvgIpc) is 2.42. The van der Waals surface area contributed by atoms with Crippen molar-refractivity contribution in [1.82, 2.24) is 5.32 Å². The van der Waals surface area contributed by atoms with Gasteiger partial charge >= 0.3 is 0 Å².